The van der Waals surface area contributed by atoms with E-state index in [0.717, 1.165) is 39.9 Å². The Bertz CT molecular complexity index is 1090. The number of hydrogen-bond acceptors (Lipinski definition) is 7. The summed E-state index contributed by atoms with van der Waals surface area (Å²) in [5.74, 6) is -1.30. The van der Waals surface area contributed by atoms with E-state index in [1.165, 1.54) is 6.92 Å². The minimum absolute atomic E-state index is 0.0830. The molecule has 7 nitrogen and oxygen atoms in total. The summed E-state index contributed by atoms with van der Waals surface area (Å²) in [6.45, 7) is 7.12. The monoisotopic (exact) mass is 544 g/mol. The average Bonchev–Trinajstić information content (AvgIpc) is 3.53. The molecule has 0 spiro atoms. The highest BCUT2D eigenvalue weighted by Gasteiger charge is 2.45. The number of benzene rings is 1. The van der Waals surface area contributed by atoms with Crippen molar-refractivity contribution in [3.63, 3.8) is 0 Å². The van der Waals surface area contributed by atoms with Crippen LogP contribution in [0.15, 0.2) is 42.5 Å². The van der Waals surface area contributed by atoms with Gasteiger partial charge in [-0.1, -0.05) is 68.8 Å². The maximum Gasteiger partial charge on any atom is 0.329 e. The molecule has 2 atom stereocenters. The number of thioether (sulfide) groups is 1. The second-order valence-corrected chi connectivity index (χ2v) is 12.2. The van der Waals surface area contributed by atoms with Crippen LogP contribution in [0.5, 0.6) is 0 Å². The van der Waals surface area contributed by atoms with E-state index >= 15 is 0 Å². The van der Waals surface area contributed by atoms with Crippen molar-refractivity contribution in [3.05, 3.63) is 47.3 Å². The maximum atomic E-state index is 13.6. The zero-order valence-corrected chi connectivity index (χ0v) is 23.5. The van der Waals surface area contributed by atoms with Crippen LogP contribution in [0.4, 0.5) is 0 Å². The fraction of sp³-hybridized carbons (Fsp3) is 0.500. The van der Waals surface area contributed by atoms with E-state index in [4.69, 9.17) is 4.74 Å². The quantitative estimate of drug-likeness (QED) is 0.396. The van der Waals surface area contributed by atoms with Gasteiger partial charge in [-0.05, 0) is 43.4 Å². The van der Waals surface area contributed by atoms with Crippen LogP contribution < -0.4 is 10.6 Å². The molecule has 0 radical (unpaired) electrons. The smallest absolute Gasteiger partial charge is 0.329 e. The van der Waals surface area contributed by atoms with Crippen molar-refractivity contribution in [2.45, 2.75) is 76.6 Å². The Hall–Kier alpha value is -2.65. The Kier molecular flexibility index (Phi) is 10.3. The molecule has 0 aliphatic heterocycles. The number of carbonyl (C=O) groups excluding carboxylic acids is 4. The molecule has 1 aliphatic carbocycles. The molecule has 0 bridgehead atoms. The van der Waals surface area contributed by atoms with Crippen molar-refractivity contribution >= 4 is 46.0 Å². The Morgan fingerprint density at radius 2 is 1.73 bits per heavy atom. The van der Waals surface area contributed by atoms with Gasteiger partial charge < -0.3 is 15.4 Å². The Labute approximate surface area is 227 Å². The first-order valence-electron chi connectivity index (χ1n) is 12.8. The highest BCUT2D eigenvalue weighted by atomic mass is 32.2. The predicted molar refractivity (Wildman–Crippen MR) is 148 cm³/mol. The van der Waals surface area contributed by atoms with E-state index in [2.05, 4.69) is 10.6 Å². The number of thiophene rings is 1. The molecule has 9 heteroatoms. The van der Waals surface area contributed by atoms with Gasteiger partial charge >= 0.3 is 5.97 Å². The van der Waals surface area contributed by atoms with Gasteiger partial charge in [-0.15, -0.1) is 11.3 Å². The van der Waals surface area contributed by atoms with Crippen molar-refractivity contribution in [1.29, 1.82) is 0 Å². The van der Waals surface area contributed by atoms with E-state index in [1.807, 2.05) is 56.3 Å². The second kappa shape index (κ2) is 13.2. The van der Waals surface area contributed by atoms with E-state index in [-0.39, 0.29) is 29.5 Å². The third-order valence-corrected chi connectivity index (χ3v) is 8.91. The van der Waals surface area contributed by atoms with Crippen molar-refractivity contribution in [2.24, 2.45) is 5.92 Å². The summed E-state index contributed by atoms with van der Waals surface area (Å²) in [5.41, 5.74) is -0.0250. The van der Waals surface area contributed by atoms with E-state index < -0.39 is 22.8 Å². The Balaban J connectivity index is 1.78. The van der Waals surface area contributed by atoms with Crippen LogP contribution in [0.2, 0.25) is 0 Å². The molecular formula is C28H36N2O5S2. The molecule has 1 unspecified atom stereocenters. The van der Waals surface area contributed by atoms with Crippen LogP contribution >= 0.6 is 23.1 Å². The van der Waals surface area contributed by atoms with Crippen LogP contribution in [-0.4, -0.2) is 46.3 Å². The molecule has 1 aliphatic rings. The lowest BCUT2D eigenvalue weighted by Gasteiger charge is -2.32. The van der Waals surface area contributed by atoms with Crippen LogP contribution in [0.3, 0.4) is 0 Å². The number of rotatable bonds is 11. The van der Waals surface area contributed by atoms with E-state index in [9.17, 15) is 19.2 Å². The number of hydrogen-bond donors (Lipinski definition) is 2. The van der Waals surface area contributed by atoms with Crippen LogP contribution in [-0.2, 0) is 30.3 Å². The molecule has 2 aromatic rings. The number of carbonyl (C=O) groups is 4. The molecule has 1 saturated carbocycles. The molecule has 3 rings (SSSR count). The molecule has 2 N–H and O–H groups in total. The SMILES string of the molecule is CCOC(=O)C(Cc1ccc(-c2ccccc2)s1)NC(=O)C1(NC(=O)[C@@H](SC(C)=O)C(C)C)CCCC1. The minimum Gasteiger partial charge on any atom is -0.464 e. The minimum atomic E-state index is -1.11. The van der Waals surface area contributed by atoms with Crippen molar-refractivity contribution in [3.8, 4) is 10.4 Å². The lowest BCUT2D eigenvalue weighted by atomic mass is 9.94. The molecule has 0 saturated heterocycles. The van der Waals surface area contributed by atoms with E-state index in [0.29, 0.717) is 19.3 Å². The topological polar surface area (TPSA) is 102 Å². The molecule has 1 aromatic carbocycles. The van der Waals surface area contributed by atoms with Gasteiger partial charge in [0.05, 0.1) is 11.9 Å². The zero-order valence-electron chi connectivity index (χ0n) is 21.9. The molecule has 1 fully saturated rings. The van der Waals surface area contributed by atoms with Gasteiger partial charge in [-0.2, -0.15) is 0 Å². The first kappa shape index (κ1) is 28.9. The Morgan fingerprint density at radius 3 is 2.32 bits per heavy atom. The number of esters is 1. The van der Waals surface area contributed by atoms with Crippen molar-refractivity contribution < 1.29 is 23.9 Å². The molecule has 200 valence electrons. The first-order valence-corrected chi connectivity index (χ1v) is 14.5. The third-order valence-electron chi connectivity index (χ3n) is 6.41. The fourth-order valence-corrected chi connectivity index (χ4v) is 6.40. The summed E-state index contributed by atoms with van der Waals surface area (Å²) in [6, 6.07) is 13.1. The normalized spacial score (nSPS) is 16.1. The summed E-state index contributed by atoms with van der Waals surface area (Å²) in [4.78, 5) is 53.4. The summed E-state index contributed by atoms with van der Waals surface area (Å²) in [7, 11) is 0. The second-order valence-electron chi connectivity index (χ2n) is 9.67. The Morgan fingerprint density at radius 1 is 1.05 bits per heavy atom. The van der Waals surface area contributed by atoms with Crippen LogP contribution in [0.1, 0.15) is 58.3 Å². The predicted octanol–water partition coefficient (Wildman–Crippen LogP) is 4.74. The summed E-state index contributed by atoms with van der Waals surface area (Å²) in [6.07, 6.45) is 2.82. The van der Waals surface area contributed by atoms with Gasteiger partial charge in [0.1, 0.15) is 11.6 Å². The molecule has 2 amide bonds. The van der Waals surface area contributed by atoms with Gasteiger partial charge in [0, 0.05) is 23.1 Å². The lowest BCUT2D eigenvalue weighted by molar-refractivity contribution is -0.148. The largest absolute Gasteiger partial charge is 0.464 e. The average molecular weight is 545 g/mol. The van der Waals surface area contributed by atoms with Gasteiger partial charge in [0.2, 0.25) is 11.8 Å². The zero-order chi connectivity index (χ0) is 27.0. The molecule has 1 heterocycles. The van der Waals surface area contributed by atoms with E-state index in [1.54, 1.807) is 18.3 Å². The van der Waals surface area contributed by atoms with Gasteiger partial charge in [0.25, 0.3) is 0 Å². The summed E-state index contributed by atoms with van der Waals surface area (Å²) in [5, 5.41) is 5.13. The third kappa shape index (κ3) is 7.68. The lowest BCUT2D eigenvalue weighted by Crippen LogP contribution is -2.61. The highest BCUT2D eigenvalue weighted by molar-refractivity contribution is 8.14. The first-order chi connectivity index (χ1) is 17.6. The molecule has 1 aromatic heterocycles. The summed E-state index contributed by atoms with van der Waals surface area (Å²) < 4.78 is 5.28. The fourth-order valence-electron chi connectivity index (χ4n) is 4.54. The number of nitrogens with one attached hydrogen (secondary N) is 2. The van der Waals surface area contributed by atoms with Crippen molar-refractivity contribution in [2.75, 3.05) is 6.61 Å². The van der Waals surface area contributed by atoms with Gasteiger partial charge in [-0.25, -0.2) is 4.79 Å². The van der Waals surface area contributed by atoms with Gasteiger partial charge in [0.15, 0.2) is 5.12 Å². The highest BCUT2D eigenvalue weighted by Crippen LogP contribution is 2.32. The number of ether oxygens (including phenoxy) is 1. The standard InChI is InChI=1S/C28H36N2O5S2/c1-5-35-26(33)22(17-21-13-14-23(37-21)20-11-7-6-8-12-20)29-27(34)28(15-9-10-16-28)30-25(32)24(18(2)3)36-19(4)31/h6-8,11-14,18,22,24H,5,9-10,15-17H2,1-4H3,(H,29,34)(H,30,32)/t22?,24-/m0/s1. The van der Waals surface area contributed by atoms with Crippen LogP contribution in [0.25, 0.3) is 10.4 Å². The van der Waals surface area contributed by atoms with Crippen LogP contribution in [0, 0.1) is 5.92 Å². The number of amides is 2. The molecule has 37 heavy (non-hydrogen) atoms. The molecular weight excluding hydrogens is 508 g/mol. The maximum absolute atomic E-state index is 13.6. The van der Waals surface area contributed by atoms with Gasteiger partial charge in [-0.3, -0.25) is 14.4 Å². The summed E-state index contributed by atoms with van der Waals surface area (Å²) >= 11 is 2.55. The van der Waals surface area contributed by atoms with Crippen molar-refractivity contribution in [1.82, 2.24) is 10.6 Å².